The summed E-state index contributed by atoms with van der Waals surface area (Å²) in [5.74, 6) is 0. The lowest BCUT2D eigenvalue weighted by Crippen LogP contribution is -2.18. The van der Waals surface area contributed by atoms with E-state index in [1.807, 2.05) is 41.0 Å². The van der Waals surface area contributed by atoms with Crippen molar-refractivity contribution in [2.75, 3.05) is 6.26 Å². The van der Waals surface area contributed by atoms with E-state index in [2.05, 4.69) is 4.98 Å². The molecule has 0 spiro atoms. The predicted octanol–water partition coefficient (Wildman–Crippen LogP) is 3.16. The highest BCUT2D eigenvalue weighted by atomic mass is 32.2. The molecule has 3 aromatic heterocycles. The maximum atomic E-state index is 12.3. The Kier molecular flexibility index (Phi) is 4.62. The van der Waals surface area contributed by atoms with Crippen LogP contribution in [0.5, 0.6) is 0 Å². The molecular weight excluding hydrogens is 386 g/mol. The number of aromatic nitrogens is 3. The summed E-state index contributed by atoms with van der Waals surface area (Å²) in [6.07, 6.45) is 4.73. The van der Waals surface area contributed by atoms with Gasteiger partial charge in [-0.05, 0) is 43.3 Å². The number of aryl methyl sites for hydroxylation is 2. The molecule has 0 N–H and O–H groups in total. The third-order valence-electron chi connectivity index (χ3n) is 5.01. The maximum Gasteiger partial charge on any atom is 0.253 e. The Bertz CT molecular complexity index is 1360. The number of nitrogens with zero attached hydrogens (tertiary/aromatic N) is 3. The molecule has 0 unspecified atom stereocenters. The smallest absolute Gasteiger partial charge is 0.253 e. The summed E-state index contributed by atoms with van der Waals surface area (Å²) in [7, 11) is -1.68. The molecule has 1 aromatic carbocycles. The van der Waals surface area contributed by atoms with Crippen LogP contribution in [-0.4, -0.2) is 28.8 Å². The third-order valence-corrected chi connectivity index (χ3v) is 6.16. The average Bonchev–Trinajstić information content (AvgIpc) is 3.04. The normalized spacial score (nSPS) is 11.8. The van der Waals surface area contributed by atoms with Crippen molar-refractivity contribution in [2.45, 2.75) is 18.4 Å². The van der Waals surface area contributed by atoms with Crippen LogP contribution in [0.15, 0.2) is 70.6 Å². The van der Waals surface area contributed by atoms with E-state index in [0.717, 1.165) is 22.5 Å². The van der Waals surface area contributed by atoms with E-state index in [1.54, 1.807) is 43.1 Å². The maximum absolute atomic E-state index is 12.3. The molecule has 0 radical (unpaired) electrons. The first-order chi connectivity index (χ1) is 13.8. The fourth-order valence-electron chi connectivity index (χ4n) is 3.66. The quantitative estimate of drug-likeness (QED) is 0.521. The Morgan fingerprint density at radius 2 is 1.86 bits per heavy atom. The van der Waals surface area contributed by atoms with Gasteiger partial charge >= 0.3 is 0 Å². The second kappa shape index (κ2) is 7.00. The zero-order chi connectivity index (χ0) is 20.8. The van der Waals surface area contributed by atoms with Crippen molar-refractivity contribution in [1.82, 2.24) is 14.1 Å². The van der Waals surface area contributed by atoms with Crippen LogP contribution in [0.3, 0.4) is 0 Å². The minimum atomic E-state index is -3.40. The lowest BCUT2D eigenvalue weighted by molar-refractivity contribution is 0.602. The molecule has 0 aliphatic carbocycles. The van der Waals surface area contributed by atoms with Gasteiger partial charge in [-0.2, -0.15) is 0 Å². The summed E-state index contributed by atoms with van der Waals surface area (Å²) in [6.45, 7) is 2.26. The molecule has 0 fully saturated rings. The molecule has 3 heterocycles. The molecular formula is C22H21N3O3S. The van der Waals surface area contributed by atoms with Gasteiger partial charge in [0.05, 0.1) is 28.3 Å². The first-order valence-electron chi connectivity index (χ1n) is 9.15. The Labute approximate surface area is 169 Å². The number of hydrogen-bond donors (Lipinski definition) is 0. The molecule has 0 atom stereocenters. The van der Waals surface area contributed by atoms with Gasteiger partial charge in [0.25, 0.3) is 5.56 Å². The second-order valence-corrected chi connectivity index (χ2v) is 9.21. The van der Waals surface area contributed by atoms with Gasteiger partial charge in [-0.1, -0.05) is 12.1 Å². The van der Waals surface area contributed by atoms with Crippen LogP contribution >= 0.6 is 0 Å². The standard InChI is InChI=1S/C22H21N3O3S/c1-15-11-16(13-24(2)22(15)26)20-12-18-19(8-6-9-21(18)29(3,27)28)25(20)14-17-7-4-5-10-23-17/h4-13H,14H2,1-3H3. The van der Waals surface area contributed by atoms with Crippen LogP contribution in [0.1, 0.15) is 11.3 Å². The van der Waals surface area contributed by atoms with Crippen LogP contribution in [0.25, 0.3) is 22.2 Å². The van der Waals surface area contributed by atoms with Crippen molar-refractivity contribution in [1.29, 1.82) is 0 Å². The number of rotatable bonds is 4. The topological polar surface area (TPSA) is 74.0 Å². The van der Waals surface area contributed by atoms with Gasteiger partial charge in [0.15, 0.2) is 9.84 Å². The van der Waals surface area contributed by atoms with Crippen molar-refractivity contribution in [3.05, 3.63) is 82.5 Å². The molecule has 0 amide bonds. The van der Waals surface area contributed by atoms with Gasteiger partial charge in [-0.3, -0.25) is 9.78 Å². The minimum absolute atomic E-state index is 0.0574. The second-order valence-electron chi connectivity index (χ2n) is 7.23. The van der Waals surface area contributed by atoms with Crippen molar-refractivity contribution in [3.63, 3.8) is 0 Å². The van der Waals surface area contributed by atoms with Crippen LogP contribution in [0.4, 0.5) is 0 Å². The third kappa shape index (κ3) is 3.49. The van der Waals surface area contributed by atoms with Gasteiger partial charge in [-0.15, -0.1) is 0 Å². The monoisotopic (exact) mass is 407 g/mol. The number of fused-ring (bicyclic) bond motifs is 1. The highest BCUT2D eigenvalue weighted by Crippen LogP contribution is 2.32. The summed E-state index contributed by atoms with van der Waals surface area (Å²) >= 11 is 0. The molecule has 4 aromatic rings. The molecule has 0 saturated carbocycles. The average molecular weight is 407 g/mol. The van der Waals surface area contributed by atoms with Crippen molar-refractivity contribution in [2.24, 2.45) is 7.05 Å². The van der Waals surface area contributed by atoms with Gasteiger partial charge < -0.3 is 9.13 Å². The molecule has 148 valence electrons. The fourth-order valence-corrected chi connectivity index (χ4v) is 4.55. The molecule has 0 bridgehead atoms. The van der Waals surface area contributed by atoms with Crippen molar-refractivity contribution < 1.29 is 8.42 Å². The molecule has 29 heavy (non-hydrogen) atoms. The number of hydrogen-bond acceptors (Lipinski definition) is 4. The van der Waals surface area contributed by atoms with E-state index in [0.29, 0.717) is 17.5 Å². The number of sulfone groups is 1. The lowest BCUT2D eigenvalue weighted by Gasteiger charge is -2.12. The first kappa shape index (κ1) is 19.1. The summed E-state index contributed by atoms with van der Waals surface area (Å²) in [4.78, 5) is 16.9. The van der Waals surface area contributed by atoms with Gasteiger partial charge in [0.2, 0.25) is 0 Å². The Balaban J connectivity index is 2.05. The molecule has 0 aliphatic rings. The molecule has 6 nitrogen and oxygen atoms in total. The number of benzene rings is 1. The molecule has 0 saturated heterocycles. The predicted molar refractivity (Wildman–Crippen MR) is 114 cm³/mol. The molecule has 4 rings (SSSR count). The molecule has 0 aliphatic heterocycles. The first-order valence-corrected chi connectivity index (χ1v) is 11.0. The number of pyridine rings is 2. The minimum Gasteiger partial charge on any atom is -0.334 e. The zero-order valence-electron chi connectivity index (χ0n) is 16.5. The Hall–Kier alpha value is -3.19. The van der Waals surface area contributed by atoms with Gasteiger partial charge in [-0.25, -0.2) is 8.42 Å². The van der Waals surface area contributed by atoms with E-state index < -0.39 is 9.84 Å². The zero-order valence-corrected chi connectivity index (χ0v) is 17.3. The highest BCUT2D eigenvalue weighted by Gasteiger charge is 2.19. The summed E-state index contributed by atoms with van der Waals surface area (Å²) in [6, 6.07) is 14.7. The Morgan fingerprint density at radius 1 is 1.07 bits per heavy atom. The highest BCUT2D eigenvalue weighted by molar-refractivity contribution is 7.91. The molecule has 7 heteroatoms. The fraction of sp³-hybridized carbons (Fsp3) is 0.182. The largest absolute Gasteiger partial charge is 0.334 e. The van der Waals surface area contributed by atoms with E-state index in [9.17, 15) is 13.2 Å². The summed E-state index contributed by atoms with van der Waals surface area (Å²) in [5.41, 5.74) is 3.91. The van der Waals surface area contributed by atoms with E-state index in [-0.39, 0.29) is 10.5 Å². The SMILES string of the molecule is Cc1cc(-c2cc3c(S(C)(=O)=O)cccc3n2Cc2ccccn2)cn(C)c1=O. The van der Waals surface area contributed by atoms with Crippen LogP contribution < -0.4 is 5.56 Å². The van der Waals surface area contributed by atoms with Gasteiger partial charge in [0, 0.05) is 42.2 Å². The van der Waals surface area contributed by atoms with Crippen LogP contribution in [-0.2, 0) is 23.4 Å². The summed E-state index contributed by atoms with van der Waals surface area (Å²) in [5, 5.41) is 0.660. The van der Waals surface area contributed by atoms with Gasteiger partial charge in [0.1, 0.15) is 0 Å². The van der Waals surface area contributed by atoms with E-state index in [1.165, 1.54) is 6.26 Å². The van der Waals surface area contributed by atoms with Crippen LogP contribution in [0, 0.1) is 6.92 Å². The van der Waals surface area contributed by atoms with E-state index in [4.69, 9.17) is 0 Å². The van der Waals surface area contributed by atoms with Crippen molar-refractivity contribution >= 4 is 20.7 Å². The van der Waals surface area contributed by atoms with E-state index >= 15 is 0 Å². The summed E-state index contributed by atoms with van der Waals surface area (Å²) < 4.78 is 28.3. The van der Waals surface area contributed by atoms with Crippen molar-refractivity contribution in [3.8, 4) is 11.3 Å². The van der Waals surface area contributed by atoms with Crippen LogP contribution in [0.2, 0.25) is 0 Å². The Morgan fingerprint density at radius 3 is 2.52 bits per heavy atom. The lowest BCUT2D eigenvalue weighted by atomic mass is 10.1.